The molecule has 0 radical (unpaired) electrons. The second-order valence-electron chi connectivity index (χ2n) is 4.66. The number of carbonyl (C=O) groups is 1. The van der Waals surface area contributed by atoms with E-state index in [2.05, 4.69) is 40.3 Å². The molecule has 1 heterocycles. The summed E-state index contributed by atoms with van der Waals surface area (Å²) in [5, 5.41) is 12.2. The Bertz CT molecular complexity index is 381. The highest BCUT2D eigenvalue weighted by Gasteiger charge is 2.11. The van der Waals surface area contributed by atoms with Gasteiger partial charge in [0.15, 0.2) is 0 Å². The molecule has 3 nitrogen and oxygen atoms in total. The summed E-state index contributed by atoms with van der Waals surface area (Å²) in [6.45, 7) is 4.80. The van der Waals surface area contributed by atoms with Gasteiger partial charge in [-0.15, -0.1) is 11.3 Å². The van der Waals surface area contributed by atoms with E-state index in [9.17, 15) is 4.79 Å². The van der Waals surface area contributed by atoms with Crippen LogP contribution in [0.25, 0.3) is 0 Å². The van der Waals surface area contributed by atoms with E-state index >= 15 is 0 Å². The lowest BCUT2D eigenvalue weighted by Crippen LogP contribution is -2.25. The van der Waals surface area contributed by atoms with Gasteiger partial charge >= 0.3 is 5.97 Å². The molecule has 0 saturated carbocycles. The first kappa shape index (κ1) is 15.7. The van der Waals surface area contributed by atoms with Crippen LogP contribution in [0.2, 0.25) is 0 Å². The highest BCUT2D eigenvalue weighted by atomic mass is 79.9. The molecule has 0 aliphatic carbocycles. The van der Waals surface area contributed by atoms with Gasteiger partial charge in [-0.3, -0.25) is 4.79 Å². The van der Waals surface area contributed by atoms with Crippen molar-refractivity contribution >= 4 is 33.2 Å². The van der Waals surface area contributed by atoms with Crippen molar-refractivity contribution < 1.29 is 9.90 Å². The van der Waals surface area contributed by atoms with Crippen LogP contribution in [0.4, 0.5) is 0 Å². The second-order valence-corrected chi connectivity index (χ2v) is 7.21. The Labute approximate surface area is 121 Å². The monoisotopic (exact) mass is 333 g/mol. The van der Waals surface area contributed by atoms with Crippen molar-refractivity contribution in [2.24, 2.45) is 5.92 Å². The minimum atomic E-state index is -0.695. The summed E-state index contributed by atoms with van der Waals surface area (Å²) in [7, 11) is 0. The molecule has 5 heteroatoms. The topological polar surface area (TPSA) is 49.3 Å². The van der Waals surface area contributed by atoms with Gasteiger partial charge in [-0.25, -0.2) is 0 Å². The van der Waals surface area contributed by atoms with E-state index in [0.717, 1.165) is 29.6 Å². The number of thiophene rings is 1. The van der Waals surface area contributed by atoms with Gasteiger partial charge in [-0.2, -0.15) is 0 Å². The first-order valence-electron chi connectivity index (χ1n) is 6.19. The summed E-state index contributed by atoms with van der Waals surface area (Å²) in [6, 6.07) is 4.59. The highest BCUT2D eigenvalue weighted by Crippen LogP contribution is 2.22. The smallest absolute Gasteiger partial charge is 0.306 e. The lowest BCUT2D eigenvalue weighted by Gasteiger charge is -2.13. The molecule has 0 aromatic carbocycles. The molecule has 0 spiro atoms. The van der Waals surface area contributed by atoms with Gasteiger partial charge < -0.3 is 10.4 Å². The van der Waals surface area contributed by atoms with E-state index in [-0.39, 0.29) is 5.92 Å². The van der Waals surface area contributed by atoms with Crippen molar-refractivity contribution in [2.75, 3.05) is 0 Å². The molecule has 0 bridgehead atoms. The molecule has 0 aliphatic heterocycles. The lowest BCUT2D eigenvalue weighted by molar-refractivity contribution is -0.141. The number of nitrogens with one attached hydrogen (secondary N) is 1. The quantitative estimate of drug-likeness (QED) is 0.758. The van der Waals surface area contributed by atoms with E-state index in [4.69, 9.17) is 5.11 Å². The molecule has 2 N–H and O–H groups in total. The first-order chi connectivity index (χ1) is 8.49. The SMILES string of the molecule is CC(CCCC(C)C(=O)O)NCc1ccc(Br)s1. The zero-order chi connectivity index (χ0) is 13.5. The van der Waals surface area contributed by atoms with E-state index in [1.165, 1.54) is 4.88 Å². The number of aliphatic carboxylic acids is 1. The minimum Gasteiger partial charge on any atom is -0.481 e. The van der Waals surface area contributed by atoms with Crippen molar-refractivity contribution in [3.05, 3.63) is 20.8 Å². The number of rotatable bonds is 8. The fourth-order valence-electron chi connectivity index (χ4n) is 1.68. The normalized spacial score (nSPS) is 14.4. The molecule has 0 fully saturated rings. The van der Waals surface area contributed by atoms with Gasteiger partial charge in [0.1, 0.15) is 0 Å². The van der Waals surface area contributed by atoms with Crippen LogP contribution in [-0.4, -0.2) is 17.1 Å². The van der Waals surface area contributed by atoms with Gasteiger partial charge in [0, 0.05) is 17.5 Å². The van der Waals surface area contributed by atoms with Crippen LogP contribution in [0, 0.1) is 5.92 Å². The van der Waals surface area contributed by atoms with Gasteiger partial charge in [-0.1, -0.05) is 13.3 Å². The number of carboxylic acids is 1. The zero-order valence-electron chi connectivity index (χ0n) is 10.8. The highest BCUT2D eigenvalue weighted by molar-refractivity contribution is 9.11. The zero-order valence-corrected chi connectivity index (χ0v) is 13.2. The summed E-state index contributed by atoms with van der Waals surface area (Å²) in [6.07, 6.45) is 2.73. The van der Waals surface area contributed by atoms with Gasteiger partial charge in [0.05, 0.1) is 9.70 Å². The largest absolute Gasteiger partial charge is 0.481 e. The maximum atomic E-state index is 10.7. The molecule has 0 aliphatic rings. The summed E-state index contributed by atoms with van der Waals surface area (Å²) in [5.74, 6) is -0.926. The molecule has 1 aromatic rings. The van der Waals surface area contributed by atoms with Gasteiger partial charge in [-0.05, 0) is 47.8 Å². The molecule has 102 valence electrons. The lowest BCUT2D eigenvalue weighted by atomic mass is 10.0. The van der Waals surface area contributed by atoms with Crippen molar-refractivity contribution in [2.45, 2.75) is 45.7 Å². The minimum absolute atomic E-state index is 0.231. The maximum Gasteiger partial charge on any atom is 0.306 e. The molecular weight excluding hydrogens is 314 g/mol. The van der Waals surface area contributed by atoms with Crippen LogP contribution in [0.1, 0.15) is 38.0 Å². The number of carboxylic acid groups (broad SMARTS) is 1. The van der Waals surface area contributed by atoms with Crippen molar-refractivity contribution in [3.63, 3.8) is 0 Å². The number of halogens is 1. The standard InChI is InChI=1S/C13H20BrNO2S/c1-9(13(16)17)4-3-5-10(2)15-8-11-6-7-12(14)18-11/h6-7,9-10,15H,3-5,8H2,1-2H3,(H,16,17). The van der Waals surface area contributed by atoms with Gasteiger partial charge in [0.2, 0.25) is 0 Å². The first-order valence-corrected chi connectivity index (χ1v) is 7.80. The summed E-state index contributed by atoms with van der Waals surface area (Å²) in [5.41, 5.74) is 0. The Hall–Kier alpha value is -0.390. The molecule has 2 unspecified atom stereocenters. The average molecular weight is 334 g/mol. The third kappa shape index (κ3) is 5.98. The Morgan fingerprint density at radius 3 is 2.72 bits per heavy atom. The Morgan fingerprint density at radius 2 is 2.17 bits per heavy atom. The van der Waals surface area contributed by atoms with Crippen LogP contribution >= 0.6 is 27.3 Å². The van der Waals surface area contributed by atoms with Crippen LogP contribution < -0.4 is 5.32 Å². The van der Waals surface area contributed by atoms with Crippen LogP contribution in [0.3, 0.4) is 0 Å². The molecular formula is C13H20BrNO2S. The molecule has 18 heavy (non-hydrogen) atoms. The predicted molar refractivity (Wildman–Crippen MR) is 79.0 cm³/mol. The van der Waals surface area contributed by atoms with Crippen LogP contribution in [-0.2, 0) is 11.3 Å². The van der Waals surface area contributed by atoms with E-state index in [1.807, 2.05) is 0 Å². The number of hydrogen-bond donors (Lipinski definition) is 2. The van der Waals surface area contributed by atoms with Crippen molar-refractivity contribution in [1.29, 1.82) is 0 Å². The van der Waals surface area contributed by atoms with Crippen LogP contribution in [0.5, 0.6) is 0 Å². The molecule has 1 aromatic heterocycles. The Morgan fingerprint density at radius 1 is 1.44 bits per heavy atom. The summed E-state index contributed by atoms with van der Waals surface area (Å²) < 4.78 is 1.15. The Balaban J connectivity index is 2.14. The van der Waals surface area contributed by atoms with Crippen LogP contribution in [0.15, 0.2) is 15.9 Å². The van der Waals surface area contributed by atoms with E-state index < -0.39 is 5.97 Å². The van der Waals surface area contributed by atoms with E-state index in [1.54, 1.807) is 18.3 Å². The molecule has 0 saturated heterocycles. The predicted octanol–water partition coefficient (Wildman–Crippen LogP) is 3.88. The molecule has 1 rings (SSSR count). The summed E-state index contributed by atoms with van der Waals surface area (Å²) >= 11 is 5.18. The average Bonchev–Trinajstić information content (AvgIpc) is 2.72. The van der Waals surface area contributed by atoms with Gasteiger partial charge in [0.25, 0.3) is 0 Å². The third-order valence-corrected chi connectivity index (χ3v) is 4.57. The third-order valence-electron chi connectivity index (χ3n) is 2.95. The maximum absolute atomic E-state index is 10.7. The van der Waals surface area contributed by atoms with Crippen molar-refractivity contribution in [1.82, 2.24) is 5.32 Å². The molecule has 2 atom stereocenters. The molecule has 0 amide bonds. The van der Waals surface area contributed by atoms with E-state index in [0.29, 0.717) is 6.04 Å². The fraction of sp³-hybridized carbons (Fsp3) is 0.615. The number of hydrogen-bond acceptors (Lipinski definition) is 3. The fourth-order valence-corrected chi connectivity index (χ4v) is 3.11. The second kappa shape index (κ2) is 7.92. The Kier molecular flexibility index (Phi) is 6.89. The summed E-state index contributed by atoms with van der Waals surface area (Å²) in [4.78, 5) is 12.0. The van der Waals surface area contributed by atoms with Crippen molar-refractivity contribution in [3.8, 4) is 0 Å².